The van der Waals surface area contributed by atoms with Crippen molar-refractivity contribution in [2.45, 2.75) is 20.0 Å². The molecular formula is C15H17F3N2O. The average Bonchev–Trinajstić information content (AvgIpc) is 2.39. The van der Waals surface area contributed by atoms with Crippen molar-refractivity contribution in [1.82, 2.24) is 4.57 Å². The number of anilines is 1. The number of halogens is 3. The molecule has 0 radical (unpaired) electrons. The van der Waals surface area contributed by atoms with Gasteiger partial charge in [0.1, 0.15) is 0 Å². The van der Waals surface area contributed by atoms with Crippen molar-refractivity contribution in [3.63, 3.8) is 0 Å². The van der Waals surface area contributed by atoms with Gasteiger partial charge in [-0.25, -0.2) is 0 Å². The van der Waals surface area contributed by atoms with Crippen LogP contribution in [0.25, 0.3) is 10.9 Å². The summed E-state index contributed by atoms with van der Waals surface area (Å²) in [5.74, 6) is 0.378. The fourth-order valence-corrected chi connectivity index (χ4v) is 2.13. The predicted molar refractivity (Wildman–Crippen MR) is 77.5 cm³/mol. The second kappa shape index (κ2) is 5.42. The quantitative estimate of drug-likeness (QED) is 0.939. The van der Waals surface area contributed by atoms with E-state index in [1.165, 1.54) is 23.7 Å². The highest BCUT2D eigenvalue weighted by Gasteiger charge is 2.33. The maximum atomic E-state index is 13.1. The van der Waals surface area contributed by atoms with Gasteiger partial charge in [0.2, 0.25) is 0 Å². The van der Waals surface area contributed by atoms with Crippen LogP contribution in [0.2, 0.25) is 0 Å². The lowest BCUT2D eigenvalue weighted by atomic mass is 10.1. The van der Waals surface area contributed by atoms with E-state index in [-0.39, 0.29) is 10.9 Å². The Labute approximate surface area is 120 Å². The van der Waals surface area contributed by atoms with Crippen LogP contribution in [0.3, 0.4) is 0 Å². The monoisotopic (exact) mass is 298 g/mol. The molecule has 0 saturated heterocycles. The molecule has 1 aromatic heterocycles. The minimum Gasteiger partial charge on any atom is -0.385 e. The van der Waals surface area contributed by atoms with Crippen molar-refractivity contribution in [3.8, 4) is 0 Å². The molecule has 114 valence electrons. The Morgan fingerprint density at radius 2 is 1.90 bits per heavy atom. The molecule has 6 heteroatoms. The Hall–Kier alpha value is -1.98. The highest BCUT2D eigenvalue weighted by molar-refractivity contribution is 5.86. The third-order valence-corrected chi connectivity index (χ3v) is 3.27. The molecule has 0 spiro atoms. The third kappa shape index (κ3) is 3.20. The van der Waals surface area contributed by atoms with E-state index in [0.717, 1.165) is 0 Å². The van der Waals surface area contributed by atoms with Crippen LogP contribution >= 0.6 is 0 Å². The average molecular weight is 298 g/mol. The summed E-state index contributed by atoms with van der Waals surface area (Å²) in [7, 11) is 1.46. The molecule has 0 amide bonds. The predicted octanol–water partition coefficient (Wildman–Crippen LogP) is 3.63. The SMILES string of the molecule is CC(C)CNc1ccc2c(c1)c(C(F)(F)F)cc(=O)n2C. The Morgan fingerprint density at radius 1 is 1.24 bits per heavy atom. The normalized spacial score (nSPS) is 12.1. The van der Waals surface area contributed by atoms with E-state index in [9.17, 15) is 18.0 Å². The highest BCUT2D eigenvalue weighted by Crippen LogP contribution is 2.34. The lowest BCUT2D eigenvalue weighted by molar-refractivity contribution is -0.136. The number of pyridine rings is 1. The third-order valence-electron chi connectivity index (χ3n) is 3.27. The zero-order valence-electron chi connectivity index (χ0n) is 12.1. The standard InChI is InChI=1S/C15H17F3N2O/c1-9(2)8-19-10-4-5-13-11(6-10)12(15(16,17)18)7-14(21)20(13)3/h4-7,9,19H,8H2,1-3H3. The van der Waals surface area contributed by atoms with Crippen LogP contribution in [0.15, 0.2) is 29.1 Å². The van der Waals surface area contributed by atoms with Gasteiger partial charge < -0.3 is 9.88 Å². The van der Waals surface area contributed by atoms with Gasteiger partial charge in [-0.1, -0.05) is 13.8 Å². The van der Waals surface area contributed by atoms with Gasteiger partial charge >= 0.3 is 6.18 Å². The fraction of sp³-hybridized carbons (Fsp3) is 0.400. The summed E-state index contributed by atoms with van der Waals surface area (Å²) in [6.45, 7) is 4.69. The molecule has 1 aromatic carbocycles. The first-order valence-corrected chi connectivity index (χ1v) is 6.65. The molecule has 0 fully saturated rings. The molecule has 2 rings (SSSR count). The maximum Gasteiger partial charge on any atom is 0.417 e. The number of hydrogen-bond donors (Lipinski definition) is 1. The van der Waals surface area contributed by atoms with E-state index in [4.69, 9.17) is 0 Å². The Kier molecular flexibility index (Phi) is 3.98. The van der Waals surface area contributed by atoms with Crippen molar-refractivity contribution >= 4 is 16.6 Å². The van der Waals surface area contributed by atoms with Gasteiger partial charge in [-0.3, -0.25) is 4.79 Å². The Balaban J connectivity index is 2.63. The van der Waals surface area contributed by atoms with Crippen molar-refractivity contribution < 1.29 is 13.2 Å². The zero-order valence-corrected chi connectivity index (χ0v) is 12.1. The van der Waals surface area contributed by atoms with E-state index in [1.54, 1.807) is 6.07 Å². The topological polar surface area (TPSA) is 34.0 Å². The van der Waals surface area contributed by atoms with E-state index in [0.29, 0.717) is 24.2 Å². The molecule has 0 atom stereocenters. The summed E-state index contributed by atoms with van der Waals surface area (Å²) in [5, 5.41) is 3.12. The summed E-state index contributed by atoms with van der Waals surface area (Å²) in [4.78, 5) is 11.6. The molecule has 0 aliphatic rings. The summed E-state index contributed by atoms with van der Waals surface area (Å²) in [6, 6.07) is 5.31. The number of hydrogen-bond acceptors (Lipinski definition) is 2. The van der Waals surface area contributed by atoms with Crippen molar-refractivity contribution in [3.05, 3.63) is 40.2 Å². The smallest absolute Gasteiger partial charge is 0.385 e. The second-order valence-corrected chi connectivity index (χ2v) is 5.46. The van der Waals surface area contributed by atoms with E-state index in [1.807, 2.05) is 13.8 Å². The first-order chi connectivity index (χ1) is 9.70. The number of nitrogens with one attached hydrogen (secondary N) is 1. The molecule has 1 N–H and O–H groups in total. The fourth-order valence-electron chi connectivity index (χ4n) is 2.13. The number of rotatable bonds is 3. The molecule has 0 saturated carbocycles. The van der Waals surface area contributed by atoms with Gasteiger partial charge in [0.25, 0.3) is 5.56 Å². The van der Waals surface area contributed by atoms with Crippen LogP contribution in [0.5, 0.6) is 0 Å². The van der Waals surface area contributed by atoms with Gasteiger partial charge in [-0.15, -0.1) is 0 Å². The lowest BCUT2D eigenvalue weighted by Gasteiger charge is -2.15. The molecule has 3 nitrogen and oxygen atoms in total. The van der Waals surface area contributed by atoms with Crippen LogP contribution in [-0.4, -0.2) is 11.1 Å². The summed E-state index contributed by atoms with van der Waals surface area (Å²) >= 11 is 0. The zero-order chi connectivity index (χ0) is 15.8. The first kappa shape index (κ1) is 15.4. The van der Waals surface area contributed by atoms with Gasteiger partial charge in [0, 0.05) is 30.7 Å². The number of nitrogens with zero attached hydrogens (tertiary/aromatic N) is 1. The molecule has 0 aliphatic carbocycles. The summed E-state index contributed by atoms with van der Waals surface area (Å²) in [6.07, 6.45) is -4.55. The Morgan fingerprint density at radius 3 is 2.48 bits per heavy atom. The van der Waals surface area contributed by atoms with Gasteiger partial charge in [0.05, 0.1) is 11.1 Å². The van der Waals surface area contributed by atoms with Crippen LogP contribution in [-0.2, 0) is 13.2 Å². The molecule has 2 aromatic rings. The summed E-state index contributed by atoms with van der Waals surface area (Å²) < 4.78 is 40.5. The number of alkyl halides is 3. The van der Waals surface area contributed by atoms with E-state index >= 15 is 0 Å². The minimum atomic E-state index is -4.55. The highest BCUT2D eigenvalue weighted by atomic mass is 19.4. The molecule has 1 heterocycles. The first-order valence-electron chi connectivity index (χ1n) is 6.65. The molecule has 0 aliphatic heterocycles. The maximum absolute atomic E-state index is 13.1. The minimum absolute atomic E-state index is 0.0263. The number of aromatic nitrogens is 1. The van der Waals surface area contributed by atoms with Crippen molar-refractivity contribution in [2.24, 2.45) is 13.0 Å². The van der Waals surface area contributed by atoms with Crippen LogP contribution in [0.1, 0.15) is 19.4 Å². The van der Waals surface area contributed by atoms with Gasteiger partial charge in [-0.05, 0) is 24.1 Å². The molecule has 0 bridgehead atoms. The molecule has 21 heavy (non-hydrogen) atoms. The number of benzene rings is 1. The summed E-state index contributed by atoms with van der Waals surface area (Å²) in [5.41, 5.74) is -0.684. The van der Waals surface area contributed by atoms with Crippen LogP contribution in [0, 0.1) is 5.92 Å². The van der Waals surface area contributed by atoms with E-state index in [2.05, 4.69) is 5.32 Å². The van der Waals surface area contributed by atoms with Crippen LogP contribution < -0.4 is 10.9 Å². The van der Waals surface area contributed by atoms with Gasteiger partial charge in [0.15, 0.2) is 0 Å². The number of aryl methyl sites for hydroxylation is 1. The largest absolute Gasteiger partial charge is 0.417 e. The molecular weight excluding hydrogens is 281 g/mol. The second-order valence-electron chi connectivity index (χ2n) is 5.46. The van der Waals surface area contributed by atoms with Gasteiger partial charge in [-0.2, -0.15) is 13.2 Å². The number of fused-ring (bicyclic) bond motifs is 1. The lowest BCUT2D eigenvalue weighted by Crippen LogP contribution is -2.20. The van der Waals surface area contributed by atoms with Crippen molar-refractivity contribution in [1.29, 1.82) is 0 Å². The van der Waals surface area contributed by atoms with Crippen LogP contribution in [0.4, 0.5) is 18.9 Å². The Bertz CT molecular complexity index is 717. The van der Waals surface area contributed by atoms with Crippen molar-refractivity contribution in [2.75, 3.05) is 11.9 Å². The van der Waals surface area contributed by atoms with E-state index < -0.39 is 17.3 Å². The molecule has 0 unspecified atom stereocenters.